The molecule has 6 aliphatic rings. The number of carbonyl (C=O) groups excluding carboxylic acids is 6. The van der Waals surface area contributed by atoms with Crippen molar-refractivity contribution in [3.05, 3.63) is 124 Å². The molecule has 0 radical (unpaired) electrons. The van der Waals surface area contributed by atoms with Crippen LogP contribution >= 0.6 is 0 Å². The van der Waals surface area contributed by atoms with Crippen molar-refractivity contribution in [1.29, 1.82) is 0 Å². The van der Waals surface area contributed by atoms with E-state index in [1.807, 2.05) is 93.6 Å². The molecule has 6 amide bonds. The van der Waals surface area contributed by atoms with Crippen molar-refractivity contribution in [2.75, 3.05) is 35.6 Å². The summed E-state index contributed by atoms with van der Waals surface area (Å²) in [6, 6.07) is 24.2. The van der Waals surface area contributed by atoms with Gasteiger partial charge in [0.2, 0.25) is 17.7 Å². The van der Waals surface area contributed by atoms with Crippen LogP contribution in [0.2, 0.25) is 0 Å². The summed E-state index contributed by atoms with van der Waals surface area (Å²) >= 11 is 0. The Morgan fingerprint density at radius 2 is 0.667 bits per heavy atom. The molecule has 6 aromatic heterocycles. The molecule has 90 heavy (non-hydrogen) atoms. The van der Waals surface area contributed by atoms with Crippen LogP contribution in [0.25, 0.3) is 66.9 Å². The van der Waals surface area contributed by atoms with E-state index in [0.717, 1.165) is 176 Å². The van der Waals surface area contributed by atoms with Crippen LogP contribution in [0.4, 0.5) is 17.5 Å². The molecule has 24 heteroatoms. The summed E-state index contributed by atoms with van der Waals surface area (Å²) in [5, 5.41) is 28.0. The van der Waals surface area contributed by atoms with Crippen LogP contribution in [0.5, 0.6) is 0 Å². The molecule has 3 aliphatic carbocycles. The van der Waals surface area contributed by atoms with Gasteiger partial charge in [0.1, 0.15) is 34.0 Å². The average Bonchev–Trinajstić information content (AvgIpc) is 1.38. The third-order valence-electron chi connectivity index (χ3n) is 17.8. The number of amides is 6. The van der Waals surface area contributed by atoms with Gasteiger partial charge >= 0.3 is 0 Å². The minimum Gasteiger partial charge on any atom is -0.364 e. The Bertz CT molecular complexity index is 3940. The maximum absolute atomic E-state index is 12.2. The molecule has 3 saturated carbocycles. The number of aryl methyl sites for hydroxylation is 3. The second-order valence-corrected chi connectivity index (χ2v) is 24.1. The van der Waals surface area contributed by atoms with E-state index in [4.69, 9.17) is 29.9 Å². The van der Waals surface area contributed by atoms with Crippen molar-refractivity contribution in [2.45, 2.75) is 136 Å². The van der Waals surface area contributed by atoms with Crippen LogP contribution in [0, 0.1) is 20.8 Å². The molecule has 462 valence electrons. The number of anilines is 3. The summed E-state index contributed by atoms with van der Waals surface area (Å²) in [6.07, 6.45) is 8.16. The zero-order chi connectivity index (χ0) is 62.5. The molecule has 0 unspecified atom stereocenters. The van der Waals surface area contributed by atoms with E-state index < -0.39 is 0 Å². The number of hydrogen-bond acceptors (Lipinski definition) is 15. The Balaban J connectivity index is 0.000000124. The number of nitrogens with zero attached hydrogens (tertiary/aromatic N) is 6. The van der Waals surface area contributed by atoms with Gasteiger partial charge in [-0.3, -0.25) is 28.8 Å². The predicted molar refractivity (Wildman–Crippen MR) is 343 cm³/mol. The molecule has 15 rings (SSSR count). The molecule has 9 heterocycles. The number of aromatic nitrogens is 9. The highest BCUT2D eigenvalue weighted by atomic mass is 16.2. The van der Waals surface area contributed by atoms with Crippen LogP contribution in [0.15, 0.2) is 72.8 Å². The Morgan fingerprint density at radius 1 is 0.389 bits per heavy atom. The zero-order valence-corrected chi connectivity index (χ0v) is 51.0. The number of hydrogen-bond donors (Lipinski definition) is 12. The highest BCUT2D eigenvalue weighted by molar-refractivity contribution is 6.02. The van der Waals surface area contributed by atoms with Crippen molar-refractivity contribution in [3.8, 4) is 33.8 Å². The fraction of sp³-hybridized carbons (Fsp3) is 0.364. The largest absolute Gasteiger partial charge is 0.364 e. The zero-order valence-electron chi connectivity index (χ0n) is 51.0. The lowest BCUT2D eigenvalue weighted by atomic mass is 9.86. The third-order valence-corrected chi connectivity index (χ3v) is 17.8. The lowest BCUT2D eigenvalue weighted by Crippen LogP contribution is -2.53. The molecule has 24 nitrogen and oxygen atoms in total. The summed E-state index contributed by atoms with van der Waals surface area (Å²) in [6.45, 7) is 12.4. The van der Waals surface area contributed by atoms with Crippen molar-refractivity contribution < 1.29 is 28.8 Å². The van der Waals surface area contributed by atoms with Gasteiger partial charge in [-0.2, -0.15) is 0 Å². The molecule has 0 saturated heterocycles. The smallest absolute Gasteiger partial charge is 0.253 e. The van der Waals surface area contributed by atoms with Gasteiger partial charge < -0.3 is 62.8 Å². The number of rotatable bonds is 12. The Hall–Kier alpha value is -10.3. The number of benzene rings is 3. The van der Waals surface area contributed by atoms with E-state index in [-0.39, 0.29) is 71.7 Å². The van der Waals surface area contributed by atoms with Crippen molar-refractivity contribution in [3.63, 3.8) is 0 Å². The number of fused-ring (bicyclic) bond motifs is 6. The van der Waals surface area contributed by atoms with Gasteiger partial charge in [0.15, 0.2) is 0 Å². The van der Waals surface area contributed by atoms with Crippen molar-refractivity contribution in [1.82, 2.24) is 76.8 Å². The lowest BCUT2D eigenvalue weighted by molar-refractivity contribution is -0.121. The second-order valence-electron chi connectivity index (χ2n) is 24.1. The molecule has 3 aliphatic heterocycles. The van der Waals surface area contributed by atoms with E-state index in [1.54, 1.807) is 20.8 Å². The van der Waals surface area contributed by atoms with Gasteiger partial charge in [0.05, 0.1) is 50.3 Å². The average molecular weight is 1210 g/mol. The van der Waals surface area contributed by atoms with Gasteiger partial charge in [0, 0.05) is 147 Å². The summed E-state index contributed by atoms with van der Waals surface area (Å²) in [4.78, 5) is 110. The quantitative estimate of drug-likeness (QED) is 0.0592. The predicted octanol–water partition coefficient (Wildman–Crippen LogP) is 6.89. The van der Waals surface area contributed by atoms with E-state index in [9.17, 15) is 28.8 Å². The van der Waals surface area contributed by atoms with Crippen LogP contribution in [0.3, 0.4) is 0 Å². The van der Waals surface area contributed by atoms with E-state index in [1.165, 1.54) is 0 Å². The fourth-order valence-electron chi connectivity index (χ4n) is 12.7. The topological polar surface area (TPSA) is 335 Å². The number of aromatic amines is 3. The molecule has 0 bridgehead atoms. The van der Waals surface area contributed by atoms with Crippen LogP contribution < -0.4 is 47.9 Å². The van der Waals surface area contributed by atoms with Gasteiger partial charge in [-0.15, -0.1) is 0 Å². The second kappa shape index (κ2) is 24.4. The standard InChI is InChI=1S/3C22H24N6O2/c3*1-11-21(27-17-7-6-16(17)25-12(2)29)28-20-13(4-3-5-18(20)24-11)19-10-14-15(26-19)8-9-23-22(14)30/h3*3-5,10,16-17,26H,6-9H2,1-2H3,(H,23,30)(H,25,29)(H,27,28)/t3*16-,17+/m111/s1. The summed E-state index contributed by atoms with van der Waals surface area (Å²) < 4.78 is 0. The number of para-hydroxylation sites is 3. The maximum Gasteiger partial charge on any atom is 0.253 e. The monoisotopic (exact) mass is 1210 g/mol. The van der Waals surface area contributed by atoms with Gasteiger partial charge in [0.25, 0.3) is 17.7 Å². The maximum atomic E-state index is 12.2. The first-order chi connectivity index (χ1) is 43.5. The Labute approximate surface area is 518 Å². The Kier molecular flexibility index (Phi) is 15.9. The first-order valence-corrected chi connectivity index (χ1v) is 30.9. The minimum absolute atomic E-state index is 0.0187. The highest BCUT2D eigenvalue weighted by Gasteiger charge is 2.35. The number of carbonyl (C=O) groups is 6. The summed E-state index contributed by atoms with van der Waals surface area (Å²) in [7, 11) is 0. The lowest BCUT2D eigenvalue weighted by Gasteiger charge is -2.37. The van der Waals surface area contributed by atoms with Crippen molar-refractivity contribution >= 4 is 86.0 Å². The fourth-order valence-corrected chi connectivity index (χ4v) is 12.7. The summed E-state index contributed by atoms with van der Waals surface area (Å²) in [5.41, 5.74) is 17.5. The van der Waals surface area contributed by atoms with Crippen LogP contribution in [-0.2, 0) is 33.6 Å². The molecular formula is C66H72N18O6. The van der Waals surface area contributed by atoms with Crippen LogP contribution in [0.1, 0.15) is 125 Å². The van der Waals surface area contributed by atoms with Gasteiger partial charge in [-0.05, 0) is 95.7 Å². The van der Waals surface area contributed by atoms with E-state index in [0.29, 0.717) is 36.3 Å². The number of nitrogens with one attached hydrogen (secondary N) is 12. The molecular weight excluding hydrogens is 1140 g/mol. The summed E-state index contributed by atoms with van der Waals surface area (Å²) in [5.74, 6) is 1.99. The SMILES string of the molecule is CC(=O)N[C@@H]1CC[C@@H]1Nc1nc2c(-c3cc4c([nH]3)CCNC4=O)cccc2nc1C.CC(=O)N[C@@H]1CC[C@@H]1Nc1nc2c(-c3cc4c([nH]3)CCNC4=O)cccc2nc1C.CC(=O)N[C@@H]1CC[C@@H]1Nc1nc2c(-c3cc4c([nH]3)CCNC4=O)cccc2nc1C. The highest BCUT2D eigenvalue weighted by Crippen LogP contribution is 2.36. The number of H-pyrrole nitrogens is 3. The minimum atomic E-state index is -0.0442. The molecule has 12 N–H and O–H groups in total. The van der Waals surface area contributed by atoms with E-state index in [2.05, 4.69) is 62.8 Å². The van der Waals surface area contributed by atoms with Gasteiger partial charge in [-0.1, -0.05) is 36.4 Å². The third kappa shape index (κ3) is 11.8. The van der Waals surface area contributed by atoms with E-state index >= 15 is 0 Å². The first-order valence-electron chi connectivity index (χ1n) is 30.9. The normalized spacial score (nSPS) is 20.3. The van der Waals surface area contributed by atoms with Crippen LogP contribution in [-0.4, -0.2) is 136 Å². The molecule has 3 fully saturated rings. The molecule has 6 atom stereocenters. The first kappa shape index (κ1) is 58.7. The van der Waals surface area contributed by atoms with Crippen molar-refractivity contribution in [2.24, 2.45) is 0 Å². The Morgan fingerprint density at radius 3 is 0.911 bits per heavy atom. The molecule has 9 aromatic rings. The molecule has 0 spiro atoms. The van der Waals surface area contributed by atoms with Gasteiger partial charge in [-0.25, -0.2) is 29.9 Å². The molecule has 3 aromatic carbocycles.